The van der Waals surface area contributed by atoms with Gasteiger partial charge in [-0.15, -0.1) is 0 Å². The molecular weight excluding hydrogens is 269 g/mol. The second kappa shape index (κ2) is 5.95. The lowest BCUT2D eigenvalue weighted by molar-refractivity contribution is 0.0938. The third kappa shape index (κ3) is 3.21. The Kier molecular flexibility index (Phi) is 4.26. The third-order valence-corrected chi connectivity index (χ3v) is 3.59. The zero-order valence-corrected chi connectivity index (χ0v) is 12.3. The number of rotatable bonds is 3. The molecule has 2 N–H and O–H groups in total. The lowest BCUT2D eigenvalue weighted by Crippen LogP contribution is -2.27. The van der Waals surface area contributed by atoms with Crippen molar-refractivity contribution in [2.45, 2.75) is 26.8 Å². The van der Waals surface area contributed by atoms with Crippen LogP contribution < -0.4 is 5.32 Å². The summed E-state index contributed by atoms with van der Waals surface area (Å²) < 4.78 is 13.6. The van der Waals surface area contributed by atoms with Crippen molar-refractivity contribution in [3.63, 3.8) is 0 Å². The molecule has 0 radical (unpaired) electrons. The first-order chi connectivity index (χ1) is 9.90. The quantitative estimate of drug-likeness (QED) is 0.905. The summed E-state index contributed by atoms with van der Waals surface area (Å²) in [6.45, 7) is 5.17. The Morgan fingerprint density at radius 2 is 1.95 bits per heavy atom. The second-order valence-electron chi connectivity index (χ2n) is 5.15. The highest BCUT2D eigenvalue weighted by atomic mass is 19.1. The largest absolute Gasteiger partial charge is 0.508 e. The van der Waals surface area contributed by atoms with Crippen molar-refractivity contribution in [2.75, 3.05) is 0 Å². The van der Waals surface area contributed by atoms with E-state index in [-0.39, 0.29) is 23.5 Å². The number of hydrogen-bond acceptors (Lipinski definition) is 2. The van der Waals surface area contributed by atoms with Gasteiger partial charge in [0.25, 0.3) is 5.91 Å². The SMILES string of the molecule is Cc1ccc(C(C)NC(=O)c2cccc(O)c2C)cc1F. The van der Waals surface area contributed by atoms with Crippen LogP contribution in [0.5, 0.6) is 5.75 Å². The van der Waals surface area contributed by atoms with Crippen molar-refractivity contribution < 1.29 is 14.3 Å². The summed E-state index contributed by atoms with van der Waals surface area (Å²) in [5.41, 5.74) is 2.21. The molecule has 21 heavy (non-hydrogen) atoms. The Bertz CT molecular complexity index is 682. The van der Waals surface area contributed by atoms with Crippen LogP contribution in [-0.2, 0) is 0 Å². The molecule has 0 saturated heterocycles. The molecule has 2 rings (SSSR count). The number of aryl methyl sites for hydroxylation is 1. The summed E-state index contributed by atoms with van der Waals surface area (Å²) in [6.07, 6.45) is 0. The summed E-state index contributed by atoms with van der Waals surface area (Å²) in [5.74, 6) is -0.504. The Labute approximate surface area is 123 Å². The second-order valence-corrected chi connectivity index (χ2v) is 5.15. The van der Waals surface area contributed by atoms with Crippen LogP contribution in [0.4, 0.5) is 4.39 Å². The molecule has 2 aromatic rings. The van der Waals surface area contributed by atoms with Gasteiger partial charge in [0.15, 0.2) is 0 Å². The van der Waals surface area contributed by atoms with Crippen LogP contribution in [0.1, 0.15) is 40.0 Å². The first-order valence-corrected chi connectivity index (χ1v) is 6.75. The Morgan fingerprint density at radius 3 is 2.62 bits per heavy atom. The maximum atomic E-state index is 13.6. The summed E-state index contributed by atoms with van der Waals surface area (Å²) in [7, 11) is 0. The molecule has 3 nitrogen and oxygen atoms in total. The van der Waals surface area contributed by atoms with Crippen LogP contribution in [0.3, 0.4) is 0 Å². The molecule has 2 aromatic carbocycles. The number of carbonyl (C=O) groups is 1. The standard InChI is InChI=1S/C17H18FNO2/c1-10-7-8-13(9-15(10)18)12(3)19-17(21)14-5-4-6-16(20)11(14)2/h4-9,12,20H,1-3H3,(H,19,21). The zero-order chi connectivity index (χ0) is 15.6. The van der Waals surface area contributed by atoms with E-state index in [0.717, 1.165) is 0 Å². The number of aromatic hydroxyl groups is 1. The van der Waals surface area contributed by atoms with E-state index in [4.69, 9.17) is 0 Å². The summed E-state index contributed by atoms with van der Waals surface area (Å²) in [4.78, 5) is 12.2. The molecule has 0 aliphatic heterocycles. The van der Waals surface area contributed by atoms with E-state index in [0.29, 0.717) is 22.3 Å². The van der Waals surface area contributed by atoms with E-state index < -0.39 is 0 Å². The minimum atomic E-state index is -0.325. The van der Waals surface area contributed by atoms with Gasteiger partial charge in [-0.3, -0.25) is 4.79 Å². The molecule has 0 heterocycles. The van der Waals surface area contributed by atoms with E-state index in [1.807, 2.05) is 0 Å². The molecule has 0 saturated carbocycles. The molecular formula is C17H18FNO2. The monoisotopic (exact) mass is 287 g/mol. The van der Waals surface area contributed by atoms with Crippen molar-refractivity contribution in [2.24, 2.45) is 0 Å². The minimum Gasteiger partial charge on any atom is -0.508 e. The highest BCUT2D eigenvalue weighted by Gasteiger charge is 2.15. The molecule has 1 amide bonds. The molecule has 0 aromatic heterocycles. The van der Waals surface area contributed by atoms with Gasteiger partial charge in [-0.2, -0.15) is 0 Å². The predicted octanol–water partition coefficient (Wildman–Crippen LogP) is 3.64. The van der Waals surface area contributed by atoms with Gasteiger partial charge in [0.1, 0.15) is 11.6 Å². The van der Waals surface area contributed by atoms with Gasteiger partial charge in [0.05, 0.1) is 6.04 Å². The van der Waals surface area contributed by atoms with Gasteiger partial charge in [-0.25, -0.2) is 4.39 Å². The van der Waals surface area contributed by atoms with Gasteiger partial charge in [0.2, 0.25) is 0 Å². The summed E-state index contributed by atoms with van der Waals surface area (Å²) >= 11 is 0. The van der Waals surface area contributed by atoms with Crippen LogP contribution in [0, 0.1) is 19.7 Å². The fraction of sp³-hybridized carbons (Fsp3) is 0.235. The predicted molar refractivity (Wildman–Crippen MR) is 79.9 cm³/mol. The smallest absolute Gasteiger partial charge is 0.252 e. The average Bonchev–Trinajstić information content (AvgIpc) is 2.44. The number of phenols is 1. The van der Waals surface area contributed by atoms with Gasteiger partial charge in [-0.05, 0) is 50.1 Å². The lowest BCUT2D eigenvalue weighted by Gasteiger charge is -2.16. The van der Waals surface area contributed by atoms with Crippen LogP contribution in [0.15, 0.2) is 36.4 Å². The number of phenolic OH excluding ortho intramolecular Hbond substituents is 1. The number of hydrogen-bond donors (Lipinski definition) is 2. The van der Waals surface area contributed by atoms with E-state index in [1.54, 1.807) is 45.0 Å². The van der Waals surface area contributed by atoms with Crippen LogP contribution in [0.25, 0.3) is 0 Å². The number of nitrogens with one attached hydrogen (secondary N) is 1. The number of halogens is 1. The highest BCUT2D eigenvalue weighted by molar-refractivity contribution is 5.96. The molecule has 1 unspecified atom stereocenters. The molecule has 1 atom stereocenters. The van der Waals surface area contributed by atoms with Crippen LogP contribution >= 0.6 is 0 Å². The molecule has 0 aliphatic carbocycles. The maximum Gasteiger partial charge on any atom is 0.252 e. The fourth-order valence-electron chi connectivity index (χ4n) is 2.11. The maximum absolute atomic E-state index is 13.6. The van der Waals surface area contributed by atoms with Gasteiger partial charge >= 0.3 is 0 Å². The van der Waals surface area contributed by atoms with E-state index in [9.17, 15) is 14.3 Å². The van der Waals surface area contributed by atoms with Crippen molar-refractivity contribution in [1.29, 1.82) is 0 Å². The number of carbonyl (C=O) groups excluding carboxylic acids is 1. The van der Waals surface area contributed by atoms with E-state index in [1.165, 1.54) is 12.1 Å². The molecule has 110 valence electrons. The fourth-order valence-corrected chi connectivity index (χ4v) is 2.11. The van der Waals surface area contributed by atoms with Crippen molar-refractivity contribution in [3.05, 3.63) is 64.5 Å². The minimum absolute atomic E-state index is 0.0803. The molecule has 0 fully saturated rings. The highest BCUT2D eigenvalue weighted by Crippen LogP contribution is 2.21. The number of amides is 1. The molecule has 0 aliphatic rings. The van der Waals surface area contributed by atoms with Crippen molar-refractivity contribution >= 4 is 5.91 Å². The lowest BCUT2D eigenvalue weighted by atomic mass is 10.0. The first-order valence-electron chi connectivity index (χ1n) is 6.75. The molecule has 0 spiro atoms. The summed E-state index contributed by atoms with van der Waals surface area (Å²) in [5, 5.41) is 12.4. The van der Waals surface area contributed by atoms with Crippen molar-refractivity contribution in [3.8, 4) is 5.75 Å². The average molecular weight is 287 g/mol. The topological polar surface area (TPSA) is 49.3 Å². The zero-order valence-electron chi connectivity index (χ0n) is 12.3. The third-order valence-electron chi connectivity index (χ3n) is 3.59. The number of benzene rings is 2. The van der Waals surface area contributed by atoms with Crippen LogP contribution in [-0.4, -0.2) is 11.0 Å². The molecule has 4 heteroatoms. The van der Waals surface area contributed by atoms with Crippen LogP contribution in [0.2, 0.25) is 0 Å². The molecule has 0 bridgehead atoms. The van der Waals surface area contributed by atoms with E-state index >= 15 is 0 Å². The van der Waals surface area contributed by atoms with Gasteiger partial charge in [0, 0.05) is 11.1 Å². The Hall–Kier alpha value is -2.36. The van der Waals surface area contributed by atoms with E-state index in [2.05, 4.69) is 5.32 Å². The Balaban J connectivity index is 2.18. The first kappa shape index (κ1) is 15.0. The van der Waals surface area contributed by atoms with Gasteiger partial charge in [-0.1, -0.05) is 18.2 Å². The normalized spacial score (nSPS) is 12.0. The van der Waals surface area contributed by atoms with Gasteiger partial charge < -0.3 is 10.4 Å². The summed E-state index contributed by atoms with van der Waals surface area (Å²) in [6, 6.07) is 9.38. The Morgan fingerprint density at radius 1 is 1.24 bits per heavy atom. The van der Waals surface area contributed by atoms with Crippen molar-refractivity contribution in [1.82, 2.24) is 5.32 Å².